The molecule has 120 valence electrons. The summed E-state index contributed by atoms with van der Waals surface area (Å²) in [6.45, 7) is 1.70. The monoisotopic (exact) mass is 304 g/mol. The van der Waals surface area contributed by atoms with Crippen LogP contribution in [-0.4, -0.2) is 29.0 Å². The van der Waals surface area contributed by atoms with Crippen LogP contribution in [-0.2, 0) is 16.0 Å². The minimum atomic E-state index is -0.916. The molecule has 1 fully saturated rings. The average Bonchev–Trinajstić information content (AvgIpc) is 2.43. The lowest BCUT2D eigenvalue weighted by Gasteiger charge is -2.33. The van der Waals surface area contributed by atoms with Crippen molar-refractivity contribution < 1.29 is 14.6 Å². The summed E-state index contributed by atoms with van der Waals surface area (Å²) in [4.78, 5) is 11.4. The molecule has 5 nitrogen and oxygen atoms in total. The standard InChI is InChI=1S/C17H24N2O3/c1-17(21)10-15(22-16(20)11-17)5-3-2-4-13-6-8-14(9-7-13)12-19-18/h6-9,12,15,21H,2-5,10-11,18H2,1H3/t15-,17-/m1/s1. The van der Waals surface area contributed by atoms with Crippen molar-refractivity contribution in [3.63, 3.8) is 0 Å². The van der Waals surface area contributed by atoms with Crippen molar-refractivity contribution in [1.29, 1.82) is 0 Å². The van der Waals surface area contributed by atoms with Crippen molar-refractivity contribution in [1.82, 2.24) is 0 Å². The predicted molar refractivity (Wildman–Crippen MR) is 85.5 cm³/mol. The maximum Gasteiger partial charge on any atom is 0.308 e. The normalized spacial score (nSPS) is 25.4. The van der Waals surface area contributed by atoms with Crippen LogP contribution in [0.25, 0.3) is 0 Å². The van der Waals surface area contributed by atoms with E-state index in [-0.39, 0.29) is 18.5 Å². The molecule has 0 saturated carbocycles. The lowest BCUT2D eigenvalue weighted by molar-refractivity contribution is -0.168. The minimum Gasteiger partial charge on any atom is -0.462 e. The Hall–Kier alpha value is -1.88. The Kier molecular flexibility index (Phi) is 5.55. The first-order valence-corrected chi connectivity index (χ1v) is 7.72. The maximum atomic E-state index is 11.4. The minimum absolute atomic E-state index is 0.0992. The van der Waals surface area contributed by atoms with Gasteiger partial charge in [-0.05, 0) is 43.7 Å². The Morgan fingerprint density at radius 3 is 2.77 bits per heavy atom. The summed E-state index contributed by atoms with van der Waals surface area (Å²) in [6.07, 6.45) is 5.89. The Bertz CT molecular complexity index is 523. The Morgan fingerprint density at radius 1 is 1.41 bits per heavy atom. The van der Waals surface area contributed by atoms with Gasteiger partial charge in [-0.1, -0.05) is 24.3 Å². The molecule has 0 unspecified atom stereocenters. The highest BCUT2D eigenvalue weighted by molar-refractivity contribution is 5.79. The zero-order valence-corrected chi connectivity index (χ0v) is 13.0. The van der Waals surface area contributed by atoms with Gasteiger partial charge in [0.25, 0.3) is 0 Å². The number of nitrogens with zero attached hydrogens (tertiary/aromatic N) is 1. The van der Waals surface area contributed by atoms with Gasteiger partial charge in [-0.2, -0.15) is 5.10 Å². The smallest absolute Gasteiger partial charge is 0.308 e. The first-order chi connectivity index (χ1) is 10.5. The highest BCUT2D eigenvalue weighted by Gasteiger charge is 2.35. The van der Waals surface area contributed by atoms with Gasteiger partial charge in [0.05, 0.1) is 18.2 Å². The molecule has 0 amide bonds. The Balaban J connectivity index is 1.71. The predicted octanol–water partition coefficient (Wildman–Crippen LogP) is 2.15. The van der Waals surface area contributed by atoms with Crippen molar-refractivity contribution in [2.75, 3.05) is 0 Å². The number of ether oxygens (including phenoxy) is 1. The van der Waals surface area contributed by atoms with Crippen LogP contribution in [0.5, 0.6) is 0 Å². The number of hydrogen-bond donors (Lipinski definition) is 2. The zero-order valence-electron chi connectivity index (χ0n) is 13.0. The molecule has 0 bridgehead atoms. The molecule has 1 heterocycles. The van der Waals surface area contributed by atoms with E-state index in [1.807, 2.05) is 12.1 Å². The number of carbonyl (C=O) groups is 1. The van der Waals surface area contributed by atoms with Gasteiger partial charge < -0.3 is 15.7 Å². The van der Waals surface area contributed by atoms with E-state index in [4.69, 9.17) is 10.6 Å². The number of unbranched alkanes of at least 4 members (excludes halogenated alkanes) is 1. The van der Waals surface area contributed by atoms with Crippen LogP contribution < -0.4 is 5.84 Å². The molecule has 1 saturated heterocycles. The zero-order chi connectivity index (χ0) is 16.0. The molecule has 1 aliphatic rings. The van der Waals surface area contributed by atoms with Crippen LogP contribution in [0.4, 0.5) is 0 Å². The number of cyclic esters (lactones) is 1. The fourth-order valence-corrected chi connectivity index (χ4v) is 2.86. The topological polar surface area (TPSA) is 84.9 Å². The van der Waals surface area contributed by atoms with Crippen LogP contribution in [0.2, 0.25) is 0 Å². The maximum absolute atomic E-state index is 11.4. The largest absolute Gasteiger partial charge is 0.462 e. The lowest BCUT2D eigenvalue weighted by atomic mass is 9.90. The number of hydrazone groups is 1. The number of aliphatic hydroxyl groups is 1. The Labute approximate surface area is 131 Å². The van der Waals surface area contributed by atoms with Crippen molar-refractivity contribution >= 4 is 12.2 Å². The summed E-state index contributed by atoms with van der Waals surface area (Å²) < 4.78 is 5.29. The van der Waals surface area contributed by atoms with E-state index in [0.29, 0.717) is 6.42 Å². The van der Waals surface area contributed by atoms with Gasteiger partial charge in [-0.25, -0.2) is 0 Å². The summed E-state index contributed by atoms with van der Waals surface area (Å²) in [7, 11) is 0. The fourth-order valence-electron chi connectivity index (χ4n) is 2.86. The van der Waals surface area contributed by atoms with E-state index >= 15 is 0 Å². The quantitative estimate of drug-likeness (QED) is 0.277. The van der Waals surface area contributed by atoms with E-state index < -0.39 is 5.60 Å². The molecule has 5 heteroatoms. The van der Waals surface area contributed by atoms with Crippen molar-refractivity contribution in [3.05, 3.63) is 35.4 Å². The summed E-state index contributed by atoms with van der Waals surface area (Å²) in [5.41, 5.74) is 1.34. The number of benzene rings is 1. The summed E-state index contributed by atoms with van der Waals surface area (Å²) in [5, 5.41) is 13.5. The van der Waals surface area contributed by atoms with Crippen molar-refractivity contribution in [3.8, 4) is 0 Å². The highest BCUT2D eigenvalue weighted by atomic mass is 16.5. The van der Waals surface area contributed by atoms with E-state index in [0.717, 1.165) is 31.2 Å². The fraction of sp³-hybridized carbons (Fsp3) is 0.529. The first-order valence-electron chi connectivity index (χ1n) is 7.72. The lowest BCUT2D eigenvalue weighted by Crippen LogP contribution is -2.40. The number of esters is 1. The van der Waals surface area contributed by atoms with Gasteiger partial charge in [0.2, 0.25) is 0 Å². The third kappa shape index (κ3) is 5.15. The molecule has 1 aliphatic heterocycles. The van der Waals surface area contributed by atoms with Gasteiger partial charge >= 0.3 is 5.97 Å². The number of rotatable bonds is 6. The third-order valence-electron chi connectivity index (χ3n) is 3.94. The number of aryl methyl sites for hydroxylation is 1. The SMILES string of the molecule is C[C@]1(O)CC(=O)O[C@H](CCCCc2ccc(C=NN)cc2)C1. The van der Waals surface area contributed by atoms with Gasteiger partial charge in [0.15, 0.2) is 0 Å². The second kappa shape index (κ2) is 7.40. The molecule has 2 rings (SSSR count). The summed E-state index contributed by atoms with van der Waals surface area (Å²) >= 11 is 0. The van der Waals surface area contributed by atoms with Crippen molar-refractivity contribution in [2.24, 2.45) is 10.9 Å². The molecule has 0 aromatic heterocycles. The van der Waals surface area contributed by atoms with Crippen LogP contribution in [0.3, 0.4) is 0 Å². The molecule has 0 radical (unpaired) electrons. The second-order valence-electron chi connectivity index (χ2n) is 6.26. The number of nitrogens with two attached hydrogens (primary N) is 1. The van der Waals surface area contributed by atoms with E-state index in [2.05, 4.69) is 17.2 Å². The highest BCUT2D eigenvalue weighted by Crippen LogP contribution is 2.27. The first kappa shape index (κ1) is 16.5. The van der Waals surface area contributed by atoms with Gasteiger partial charge in [0, 0.05) is 6.42 Å². The molecule has 0 spiro atoms. The summed E-state index contributed by atoms with van der Waals surface area (Å²) in [5.74, 6) is 4.82. The van der Waals surface area contributed by atoms with Crippen LogP contribution >= 0.6 is 0 Å². The third-order valence-corrected chi connectivity index (χ3v) is 3.94. The van der Waals surface area contributed by atoms with Gasteiger partial charge in [0.1, 0.15) is 6.10 Å². The van der Waals surface area contributed by atoms with Crippen molar-refractivity contribution in [2.45, 2.75) is 57.2 Å². The van der Waals surface area contributed by atoms with Gasteiger partial charge in [-0.3, -0.25) is 4.79 Å². The number of carbonyl (C=O) groups excluding carboxylic acids is 1. The molecular formula is C17H24N2O3. The second-order valence-corrected chi connectivity index (χ2v) is 6.26. The van der Waals surface area contributed by atoms with E-state index in [1.165, 1.54) is 5.56 Å². The molecule has 2 atom stereocenters. The molecule has 1 aromatic rings. The number of hydrogen-bond acceptors (Lipinski definition) is 5. The molecule has 0 aliphatic carbocycles. The average molecular weight is 304 g/mol. The van der Waals surface area contributed by atoms with Gasteiger partial charge in [-0.15, -0.1) is 0 Å². The Morgan fingerprint density at radius 2 is 2.14 bits per heavy atom. The van der Waals surface area contributed by atoms with Crippen LogP contribution in [0, 0.1) is 0 Å². The molecule has 1 aromatic carbocycles. The van der Waals surface area contributed by atoms with E-state index in [9.17, 15) is 9.90 Å². The molecular weight excluding hydrogens is 280 g/mol. The molecule has 22 heavy (non-hydrogen) atoms. The van der Waals surface area contributed by atoms with E-state index in [1.54, 1.807) is 13.1 Å². The van der Waals surface area contributed by atoms with Crippen LogP contribution in [0.15, 0.2) is 29.4 Å². The van der Waals surface area contributed by atoms with Crippen LogP contribution in [0.1, 0.15) is 50.2 Å². The molecule has 3 N–H and O–H groups in total. The summed E-state index contributed by atoms with van der Waals surface area (Å²) in [6, 6.07) is 8.13.